The van der Waals surface area contributed by atoms with Crippen molar-refractivity contribution < 1.29 is 9.53 Å². The Balaban J connectivity index is 1.92. The molecule has 3 N–H and O–H groups in total. The molecule has 3 aromatic rings. The number of phenolic OH excluding ortho intramolecular Hbond substituents is 1. The van der Waals surface area contributed by atoms with Crippen molar-refractivity contribution in [3.05, 3.63) is 90.5 Å². The normalized spacial score (nSPS) is 13.2. The van der Waals surface area contributed by atoms with E-state index in [0.717, 1.165) is 5.56 Å². The quantitative estimate of drug-likeness (QED) is 0.587. The first-order valence-corrected chi connectivity index (χ1v) is 12.0. The fourth-order valence-electron chi connectivity index (χ4n) is 3.99. The SMILES string of the molecule is CC(C)(C)[Si](OC[C@@H](N)Cc1ccc(O)cc1)(c1ccccc1)c1ccccc1. The van der Waals surface area contributed by atoms with Gasteiger partial charge in [-0.3, -0.25) is 0 Å². The van der Waals surface area contributed by atoms with E-state index in [-0.39, 0.29) is 16.8 Å². The van der Waals surface area contributed by atoms with Gasteiger partial charge in [0.15, 0.2) is 0 Å². The van der Waals surface area contributed by atoms with Gasteiger partial charge in [0.05, 0.1) is 6.61 Å². The molecule has 0 aliphatic rings. The molecule has 152 valence electrons. The molecular weight excluding hydrogens is 374 g/mol. The van der Waals surface area contributed by atoms with Crippen LogP contribution in [0, 0.1) is 0 Å². The third-order valence-electron chi connectivity index (χ3n) is 5.36. The molecule has 0 aromatic heterocycles. The zero-order chi connectivity index (χ0) is 20.9. The maximum Gasteiger partial charge on any atom is 0.261 e. The molecule has 0 fully saturated rings. The predicted molar refractivity (Wildman–Crippen MR) is 123 cm³/mol. The van der Waals surface area contributed by atoms with Crippen LogP contribution in [0.3, 0.4) is 0 Å². The summed E-state index contributed by atoms with van der Waals surface area (Å²) in [6, 6.07) is 28.3. The monoisotopic (exact) mass is 405 g/mol. The van der Waals surface area contributed by atoms with E-state index in [1.165, 1.54) is 10.4 Å². The second-order valence-electron chi connectivity index (χ2n) is 8.60. The van der Waals surface area contributed by atoms with Crippen molar-refractivity contribution in [3.63, 3.8) is 0 Å². The van der Waals surface area contributed by atoms with E-state index < -0.39 is 8.32 Å². The molecule has 1 atom stereocenters. The van der Waals surface area contributed by atoms with Gasteiger partial charge in [-0.05, 0) is 39.5 Å². The largest absolute Gasteiger partial charge is 0.508 e. The molecule has 0 spiro atoms. The van der Waals surface area contributed by atoms with Crippen LogP contribution >= 0.6 is 0 Å². The maximum absolute atomic E-state index is 9.49. The summed E-state index contributed by atoms with van der Waals surface area (Å²) in [6.45, 7) is 7.29. The Labute approximate surface area is 175 Å². The van der Waals surface area contributed by atoms with E-state index >= 15 is 0 Å². The smallest absolute Gasteiger partial charge is 0.261 e. The fraction of sp³-hybridized carbons (Fsp3) is 0.280. The zero-order valence-electron chi connectivity index (χ0n) is 17.5. The summed E-state index contributed by atoms with van der Waals surface area (Å²) in [7, 11) is -2.56. The molecule has 29 heavy (non-hydrogen) atoms. The summed E-state index contributed by atoms with van der Waals surface area (Å²) in [5.41, 5.74) is 7.58. The summed E-state index contributed by atoms with van der Waals surface area (Å²) in [6.07, 6.45) is 0.707. The molecule has 0 heterocycles. The van der Waals surface area contributed by atoms with Crippen LogP contribution in [0.2, 0.25) is 5.04 Å². The Morgan fingerprint density at radius 1 is 0.828 bits per heavy atom. The van der Waals surface area contributed by atoms with Gasteiger partial charge >= 0.3 is 0 Å². The van der Waals surface area contributed by atoms with Gasteiger partial charge in [-0.1, -0.05) is 93.6 Å². The second-order valence-corrected chi connectivity index (χ2v) is 12.9. The van der Waals surface area contributed by atoms with Gasteiger partial charge in [-0.2, -0.15) is 0 Å². The van der Waals surface area contributed by atoms with Crippen LogP contribution in [-0.4, -0.2) is 26.1 Å². The van der Waals surface area contributed by atoms with Gasteiger partial charge in [-0.15, -0.1) is 0 Å². The first kappa shape index (κ1) is 21.3. The third-order valence-corrected chi connectivity index (χ3v) is 10.4. The average molecular weight is 406 g/mol. The molecule has 0 aliphatic heterocycles. The van der Waals surface area contributed by atoms with Gasteiger partial charge in [-0.25, -0.2) is 0 Å². The zero-order valence-corrected chi connectivity index (χ0v) is 18.5. The van der Waals surface area contributed by atoms with Crippen molar-refractivity contribution in [3.8, 4) is 5.75 Å². The lowest BCUT2D eigenvalue weighted by Crippen LogP contribution is -2.67. The van der Waals surface area contributed by atoms with Crippen molar-refractivity contribution in [2.75, 3.05) is 6.61 Å². The van der Waals surface area contributed by atoms with E-state index in [2.05, 4.69) is 69.3 Å². The van der Waals surface area contributed by atoms with Gasteiger partial charge in [0, 0.05) is 6.04 Å². The lowest BCUT2D eigenvalue weighted by atomic mass is 10.1. The third kappa shape index (κ3) is 4.78. The highest BCUT2D eigenvalue weighted by Crippen LogP contribution is 2.36. The highest BCUT2D eigenvalue weighted by Gasteiger charge is 2.50. The van der Waals surface area contributed by atoms with Crippen LogP contribution < -0.4 is 16.1 Å². The van der Waals surface area contributed by atoms with E-state index in [1.54, 1.807) is 12.1 Å². The van der Waals surface area contributed by atoms with E-state index in [4.69, 9.17) is 10.2 Å². The Bertz CT molecular complexity index is 850. The Hall–Kier alpha value is -2.40. The molecule has 0 aliphatic carbocycles. The van der Waals surface area contributed by atoms with Crippen LogP contribution in [0.4, 0.5) is 0 Å². The molecule has 3 nitrogen and oxygen atoms in total. The van der Waals surface area contributed by atoms with Gasteiger partial charge < -0.3 is 15.3 Å². The molecular formula is C25H31NO2Si. The van der Waals surface area contributed by atoms with Crippen LogP contribution in [0.15, 0.2) is 84.9 Å². The Kier molecular flexibility index (Phi) is 6.58. The number of hydrogen-bond acceptors (Lipinski definition) is 3. The summed E-state index contributed by atoms with van der Waals surface area (Å²) in [5.74, 6) is 0.269. The minimum absolute atomic E-state index is 0.0615. The van der Waals surface area contributed by atoms with Gasteiger partial charge in [0.2, 0.25) is 0 Å². The molecule has 4 heteroatoms. The number of aromatic hydroxyl groups is 1. The molecule has 0 radical (unpaired) electrons. The van der Waals surface area contributed by atoms with Crippen LogP contribution in [0.25, 0.3) is 0 Å². The number of rotatable bonds is 7. The standard InChI is InChI=1S/C25H31NO2Si/c1-25(2,3)29(23-10-6-4-7-11-23,24-12-8-5-9-13-24)28-19-21(26)18-20-14-16-22(27)17-15-20/h4-17,21,27H,18-19,26H2,1-3H3/t21-/m0/s1. The van der Waals surface area contributed by atoms with E-state index in [1.807, 2.05) is 24.3 Å². The average Bonchev–Trinajstić information content (AvgIpc) is 2.71. The summed E-state index contributed by atoms with van der Waals surface area (Å²) in [5, 5.41) is 12.0. The highest BCUT2D eigenvalue weighted by atomic mass is 28.4. The number of benzene rings is 3. The minimum atomic E-state index is -2.56. The summed E-state index contributed by atoms with van der Waals surface area (Å²) < 4.78 is 6.89. The van der Waals surface area contributed by atoms with Crippen molar-refractivity contribution >= 4 is 18.7 Å². The molecule has 3 rings (SSSR count). The first-order chi connectivity index (χ1) is 13.8. The molecule has 0 saturated heterocycles. The molecule has 0 amide bonds. The number of hydrogen-bond donors (Lipinski definition) is 2. The lowest BCUT2D eigenvalue weighted by Gasteiger charge is -2.43. The van der Waals surface area contributed by atoms with Crippen LogP contribution in [0.1, 0.15) is 26.3 Å². The van der Waals surface area contributed by atoms with Crippen molar-refractivity contribution in [1.82, 2.24) is 0 Å². The lowest BCUT2D eigenvalue weighted by molar-refractivity contribution is 0.271. The Morgan fingerprint density at radius 2 is 1.31 bits per heavy atom. The second kappa shape index (κ2) is 8.95. The minimum Gasteiger partial charge on any atom is -0.508 e. The number of nitrogens with two attached hydrogens (primary N) is 1. The van der Waals surface area contributed by atoms with Crippen molar-refractivity contribution in [2.45, 2.75) is 38.3 Å². The van der Waals surface area contributed by atoms with Crippen LogP contribution in [0.5, 0.6) is 5.75 Å². The molecule has 3 aromatic carbocycles. The molecule has 0 bridgehead atoms. The van der Waals surface area contributed by atoms with Crippen LogP contribution in [-0.2, 0) is 10.8 Å². The van der Waals surface area contributed by atoms with Gasteiger partial charge in [0.25, 0.3) is 8.32 Å². The van der Waals surface area contributed by atoms with E-state index in [0.29, 0.717) is 13.0 Å². The van der Waals surface area contributed by atoms with E-state index in [9.17, 15) is 5.11 Å². The predicted octanol–water partition coefficient (Wildman–Crippen LogP) is 3.84. The molecule has 0 unspecified atom stereocenters. The highest BCUT2D eigenvalue weighted by molar-refractivity contribution is 6.99. The summed E-state index contributed by atoms with van der Waals surface area (Å²) in [4.78, 5) is 0. The van der Waals surface area contributed by atoms with Gasteiger partial charge in [0.1, 0.15) is 5.75 Å². The molecule has 0 saturated carbocycles. The Morgan fingerprint density at radius 3 is 1.76 bits per heavy atom. The van der Waals surface area contributed by atoms with Crippen molar-refractivity contribution in [2.24, 2.45) is 5.73 Å². The maximum atomic E-state index is 9.49. The summed E-state index contributed by atoms with van der Waals surface area (Å²) >= 11 is 0. The fourth-order valence-corrected chi connectivity index (χ4v) is 8.61. The topological polar surface area (TPSA) is 55.5 Å². The van der Waals surface area contributed by atoms with Crippen molar-refractivity contribution in [1.29, 1.82) is 0 Å². The first-order valence-electron chi connectivity index (χ1n) is 10.1. The number of phenols is 1.